The smallest absolute Gasteiger partial charge is 0.422 e. The number of ether oxygens (including phenoxy) is 1. The number of amides is 1. The second-order valence-corrected chi connectivity index (χ2v) is 5.16. The summed E-state index contributed by atoms with van der Waals surface area (Å²) >= 11 is 0. The maximum atomic E-state index is 11.3. The van der Waals surface area contributed by atoms with Gasteiger partial charge in [0.05, 0.1) is 6.10 Å². The van der Waals surface area contributed by atoms with Crippen molar-refractivity contribution in [1.29, 1.82) is 0 Å². The monoisotopic (exact) mass is 267 g/mol. The first-order valence-corrected chi connectivity index (χ1v) is 7.04. The van der Waals surface area contributed by atoms with Crippen molar-refractivity contribution in [3.8, 4) is 0 Å². The van der Waals surface area contributed by atoms with Crippen molar-refractivity contribution in [3.63, 3.8) is 0 Å². The number of carbonyl (C=O) groups is 1. The van der Waals surface area contributed by atoms with Gasteiger partial charge in [0, 0.05) is 6.54 Å². The predicted octanol–water partition coefficient (Wildman–Crippen LogP) is -0.0450. The van der Waals surface area contributed by atoms with E-state index in [4.69, 9.17) is 0 Å². The summed E-state index contributed by atoms with van der Waals surface area (Å²) in [6, 6.07) is 0. The fraction of sp³-hybridized carbons (Fsp3) is 0.889. The topological polar surface area (TPSA) is 96.5 Å². The number of nitrogens with one attached hydrogen (secondary N) is 3. The molecule has 8 heteroatoms. The first kappa shape index (κ1) is 16.1. The van der Waals surface area contributed by atoms with Crippen LogP contribution in [0.25, 0.3) is 0 Å². The van der Waals surface area contributed by atoms with Crippen LogP contribution in [0.3, 0.4) is 0 Å². The fourth-order valence-electron chi connectivity index (χ4n) is 0.981. The van der Waals surface area contributed by atoms with Crippen molar-refractivity contribution in [2.24, 2.45) is 0 Å². The molecule has 0 atom stereocenters. The van der Waals surface area contributed by atoms with Gasteiger partial charge in [0.25, 0.3) is 0 Å². The molecule has 1 amide bonds. The van der Waals surface area contributed by atoms with E-state index in [1.807, 2.05) is 6.92 Å². The molecule has 102 valence electrons. The van der Waals surface area contributed by atoms with Gasteiger partial charge in [-0.1, -0.05) is 6.92 Å². The van der Waals surface area contributed by atoms with E-state index in [0.717, 1.165) is 13.1 Å². The van der Waals surface area contributed by atoms with Gasteiger partial charge in [-0.15, -0.1) is 0 Å². The summed E-state index contributed by atoms with van der Waals surface area (Å²) in [5.74, 6) is 0. The molecule has 0 aliphatic heterocycles. The molecule has 0 aromatic carbocycles. The molecule has 0 aromatic rings. The molecule has 0 heterocycles. The highest BCUT2D eigenvalue weighted by atomic mass is 32.2. The second-order valence-electron chi connectivity index (χ2n) is 3.66. The number of hydrogen-bond donors (Lipinski definition) is 3. The molecule has 0 radical (unpaired) electrons. The Balaban J connectivity index is 3.84. The molecule has 7 nitrogen and oxygen atoms in total. The van der Waals surface area contributed by atoms with Gasteiger partial charge < -0.3 is 10.1 Å². The molecular weight excluding hydrogens is 246 g/mol. The van der Waals surface area contributed by atoms with E-state index in [2.05, 4.69) is 14.8 Å². The minimum Gasteiger partial charge on any atom is -0.446 e. The van der Waals surface area contributed by atoms with E-state index < -0.39 is 16.3 Å². The Labute approximate surface area is 102 Å². The highest BCUT2D eigenvalue weighted by molar-refractivity contribution is 7.88. The highest BCUT2D eigenvalue weighted by Crippen LogP contribution is 1.90. The molecule has 0 unspecified atom stereocenters. The molecule has 0 saturated carbocycles. The first-order chi connectivity index (χ1) is 7.87. The van der Waals surface area contributed by atoms with E-state index in [-0.39, 0.29) is 12.6 Å². The second kappa shape index (κ2) is 8.26. The Morgan fingerprint density at radius 2 is 1.94 bits per heavy atom. The van der Waals surface area contributed by atoms with E-state index in [9.17, 15) is 13.2 Å². The van der Waals surface area contributed by atoms with Crippen LogP contribution in [0.15, 0.2) is 0 Å². The molecule has 0 fully saturated rings. The third-order valence-corrected chi connectivity index (χ3v) is 2.65. The predicted molar refractivity (Wildman–Crippen MR) is 64.8 cm³/mol. The largest absolute Gasteiger partial charge is 0.446 e. The van der Waals surface area contributed by atoms with Crippen molar-refractivity contribution in [2.75, 3.05) is 19.6 Å². The molecule has 0 aliphatic rings. The average Bonchev–Trinajstić information content (AvgIpc) is 2.14. The number of carbonyl (C=O) groups excluding carboxylic acids is 1. The summed E-state index contributed by atoms with van der Waals surface area (Å²) in [5.41, 5.74) is 0. The van der Waals surface area contributed by atoms with Crippen LogP contribution < -0.4 is 14.8 Å². The third-order valence-electron chi connectivity index (χ3n) is 1.63. The van der Waals surface area contributed by atoms with E-state index in [1.165, 1.54) is 0 Å². The van der Waals surface area contributed by atoms with E-state index in [1.54, 1.807) is 18.6 Å². The van der Waals surface area contributed by atoms with Gasteiger partial charge in [-0.25, -0.2) is 9.52 Å². The van der Waals surface area contributed by atoms with E-state index in [0.29, 0.717) is 6.42 Å². The number of rotatable bonds is 8. The van der Waals surface area contributed by atoms with Crippen LogP contribution in [0.5, 0.6) is 0 Å². The highest BCUT2D eigenvalue weighted by Gasteiger charge is 2.15. The summed E-state index contributed by atoms with van der Waals surface area (Å²) in [5, 5.41) is 3.05. The summed E-state index contributed by atoms with van der Waals surface area (Å²) in [6.07, 6.45) is -0.688. The first-order valence-electron chi connectivity index (χ1n) is 5.56. The normalized spacial score (nSPS) is 11.5. The summed E-state index contributed by atoms with van der Waals surface area (Å²) < 4.78 is 31.3. The zero-order valence-corrected chi connectivity index (χ0v) is 11.3. The Morgan fingerprint density at radius 1 is 1.29 bits per heavy atom. The van der Waals surface area contributed by atoms with Gasteiger partial charge in [0.1, 0.15) is 0 Å². The standard InChI is InChI=1S/C9H21N3O4S/c1-4-10-6-5-7-11-17(14,15)12-9(13)16-8(2)3/h8,10-11H,4-7H2,1-3H3,(H,12,13). The molecular formula is C9H21N3O4S. The SMILES string of the molecule is CCNCCCNS(=O)(=O)NC(=O)OC(C)C. The molecule has 0 saturated heterocycles. The maximum Gasteiger partial charge on any atom is 0.422 e. The quantitative estimate of drug-likeness (QED) is 0.536. The van der Waals surface area contributed by atoms with Gasteiger partial charge >= 0.3 is 16.3 Å². The molecule has 0 aromatic heterocycles. The lowest BCUT2D eigenvalue weighted by Gasteiger charge is -2.10. The fourth-order valence-corrected chi connectivity index (χ4v) is 1.73. The van der Waals surface area contributed by atoms with Gasteiger partial charge in [-0.2, -0.15) is 13.1 Å². The van der Waals surface area contributed by atoms with Crippen molar-refractivity contribution in [3.05, 3.63) is 0 Å². The summed E-state index contributed by atoms with van der Waals surface area (Å²) in [4.78, 5) is 11.0. The molecule has 0 spiro atoms. The lowest BCUT2D eigenvalue weighted by atomic mass is 10.4. The van der Waals surface area contributed by atoms with Gasteiger partial charge in [-0.3, -0.25) is 0 Å². The van der Waals surface area contributed by atoms with Crippen LogP contribution in [0.1, 0.15) is 27.2 Å². The summed E-state index contributed by atoms with van der Waals surface area (Å²) in [6.45, 7) is 7.05. The maximum absolute atomic E-state index is 11.3. The van der Waals surface area contributed by atoms with E-state index >= 15 is 0 Å². The zero-order chi connectivity index (χ0) is 13.3. The molecule has 0 aliphatic carbocycles. The average molecular weight is 267 g/mol. The Morgan fingerprint density at radius 3 is 2.47 bits per heavy atom. The van der Waals surface area contributed by atoms with Gasteiger partial charge in [-0.05, 0) is 33.4 Å². The molecule has 0 bridgehead atoms. The molecule has 17 heavy (non-hydrogen) atoms. The lowest BCUT2D eigenvalue weighted by Crippen LogP contribution is -2.42. The van der Waals surface area contributed by atoms with Crippen LogP contribution in [0, 0.1) is 0 Å². The van der Waals surface area contributed by atoms with Crippen molar-refractivity contribution < 1.29 is 17.9 Å². The summed E-state index contributed by atoms with van der Waals surface area (Å²) in [7, 11) is -3.82. The zero-order valence-electron chi connectivity index (χ0n) is 10.4. The van der Waals surface area contributed by atoms with Gasteiger partial charge in [0.15, 0.2) is 0 Å². The van der Waals surface area contributed by atoms with Crippen LogP contribution in [0.2, 0.25) is 0 Å². The van der Waals surface area contributed by atoms with Crippen LogP contribution in [-0.2, 0) is 14.9 Å². The van der Waals surface area contributed by atoms with Crippen molar-refractivity contribution in [1.82, 2.24) is 14.8 Å². The van der Waals surface area contributed by atoms with Gasteiger partial charge in [0.2, 0.25) is 0 Å². The molecule has 3 N–H and O–H groups in total. The minimum absolute atomic E-state index is 0.261. The Kier molecular flexibility index (Phi) is 7.85. The Bertz CT molecular complexity index is 316. The number of hydrogen-bond acceptors (Lipinski definition) is 5. The Hall–Kier alpha value is -0.860. The van der Waals surface area contributed by atoms with Crippen LogP contribution >= 0.6 is 0 Å². The molecule has 0 rings (SSSR count). The van der Waals surface area contributed by atoms with Crippen molar-refractivity contribution in [2.45, 2.75) is 33.3 Å². The minimum atomic E-state index is -3.82. The third kappa shape index (κ3) is 10.0. The van der Waals surface area contributed by atoms with Crippen LogP contribution in [-0.4, -0.2) is 40.2 Å². The van der Waals surface area contributed by atoms with Crippen LogP contribution in [0.4, 0.5) is 4.79 Å². The van der Waals surface area contributed by atoms with Crippen molar-refractivity contribution >= 4 is 16.3 Å². The lowest BCUT2D eigenvalue weighted by molar-refractivity contribution is 0.121.